The Morgan fingerprint density at radius 1 is 1.06 bits per heavy atom. The second-order valence-electron chi connectivity index (χ2n) is 7.57. The number of nitrogens with zero attached hydrogens (tertiary/aromatic N) is 4. The van der Waals surface area contributed by atoms with Gasteiger partial charge in [0.05, 0.1) is 27.9 Å². The summed E-state index contributed by atoms with van der Waals surface area (Å²) in [6, 6.07) is 4.00. The van der Waals surface area contributed by atoms with E-state index in [2.05, 4.69) is 27.0 Å². The maximum absolute atomic E-state index is 11.8. The standard InChI is InChI=1S/C22H37N5O4.HI/c1-7-23-22(24-9-8-20(28)25(2)3)27-12-10-26(11-13-27)16-17-14-18(29-4)21(31-6)19(15-17)30-5;/h14-15H,7-13,16H2,1-6H3,(H,23,24);1H. The van der Waals surface area contributed by atoms with E-state index in [-0.39, 0.29) is 29.9 Å². The monoisotopic (exact) mass is 563 g/mol. The van der Waals surface area contributed by atoms with Gasteiger partial charge >= 0.3 is 0 Å². The Kier molecular flexibility index (Phi) is 12.5. The number of hydrogen-bond donors (Lipinski definition) is 1. The number of carbonyl (C=O) groups excluding carboxylic acids is 1. The minimum Gasteiger partial charge on any atom is -0.493 e. The minimum atomic E-state index is 0. The van der Waals surface area contributed by atoms with Gasteiger partial charge in [0.25, 0.3) is 0 Å². The maximum atomic E-state index is 11.8. The summed E-state index contributed by atoms with van der Waals surface area (Å²) in [7, 11) is 8.41. The lowest BCUT2D eigenvalue weighted by Crippen LogP contribution is -2.52. The number of piperazine rings is 1. The molecule has 1 heterocycles. The molecule has 0 atom stereocenters. The molecule has 0 aliphatic carbocycles. The average Bonchev–Trinajstić information content (AvgIpc) is 2.78. The van der Waals surface area contributed by atoms with Crippen LogP contribution in [-0.2, 0) is 11.3 Å². The number of nitrogens with one attached hydrogen (secondary N) is 1. The summed E-state index contributed by atoms with van der Waals surface area (Å²) in [6.07, 6.45) is 0.420. The summed E-state index contributed by atoms with van der Waals surface area (Å²) >= 11 is 0. The van der Waals surface area contributed by atoms with Crippen molar-refractivity contribution in [3.63, 3.8) is 0 Å². The Morgan fingerprint density at radius 3 is 2.12 bits per heavy atom. The lowest BCUT2D eigenvalue weighted by Gasteiger charge is -2.36. The van der Waals surface area contributed by atoms with Gasteiger partial charge in [-0.15, -0.1) is 24.0 Å². The third kappa shape index (κ3) is 7.88. The molecule has 9 nitrogen and oxygen atoms in total. The van der Waals surface area contributed by atoms with Crippen molar-refractivity contribution < 1.29 is 19.0 Å². The number of aliphatic imine (C=N–C) groups is 1. The van der Waals surface area contributed by atoms with Crippen LogP contribution in [0.1, 0.15) is 18.9 Å². The summed E-state index contributed by atoms with van der Waals surface area (Å²) in [5.74, 6) is 2.92. The third-order valence-electron chi connectivity index (χ3n) is 5.22. The Balaban J connectivity index is 0.00000512. The van der Waals surface area contributed by atoms with Crippen LogP contribution in [0.3, 0.4) is 0 Å². The van der Waals surface area contributed by atoms with Crippen molar-refractivity contribution in [1.82, 2.24) is 20.0 Å². The van der Waals surface area contributed by atoms with Crippen molar-refractivity contribution in [2.75, 3.05) is 74.7 Å². The van der Waals surface area contributed by atoms with E-state index < -0.39 is 0 Å². The van der Waals surface area contributed by atoms with E-state index in [1.54, 1.807) is 40.3 Å². The van der Waals surface area contributed by atoms with E-state index >= 15 is 0 Å². The molecule has 32 heavy (non-hydrogen) atoms. The highest BCUT2D eigenvalue weighted by Crippen LogP contribution is 2.38. The Labute approximate surface area is 209 Å². The zero-order chi connectivity index (χ0) is 22.8. The highest BCUT2D eigenvalue weighted by atomic mass is 127. The predicted octanol–water partition coefficient (Wildman–Crippen LogP) is 1.89. The molecule has 2 rings (SSSR count). The summed E-state index contributed by atoms with van der Waals surface area (Å²) in [6.45, 7) is 7.72. The first-order valence-corrected chi connectivity index (χ1v) is 10.7. The highest BCUT2D eigenvalue weighted by molar-refractivity contribution is 14.0. The van der Waals surface area contributed by atoms with E-state index in [4.69, 9.17) is 14.2 Å². The fourth-order valence-electron chi connectivity index (χ4n) is 3.51. The molecule has 1 saturated heterocycles. The third-order valence-corrected chi connectivity index (χ3v) is 5.22. The van der Waals surface area contributed by atoms with Gasteiger partial charge in [0, 0.05) is 59.8 Å². The average molecular weight is 563 g/mol. The number of rotatable bonds is 9. The largest absolute Gasteiger partial charge is 0.493 e. The smallest absolute Gasteiger partial charge is 0.223 e. The molecule has 1 aliphatic rings. The number of benzene rings is 1. The summed E-state index contributed by atoms with van der Waals surface area (Å²) < 4.78 is 16.4. The van der Waals surface area contributed by atoms with E-state index in [1.165, 1.54) is 0 Å². The number of halogens is 1. The van der Waals surface area contributed by atoms with Gasteiger partial charge in [-0.1, -0.05) is 0 Å². The van der Waals surface area contributed by atoms with Crippen LogP contribution in [0, 0.1) is 0 Å². The quantitative estimate of drug-likeness (QED) is 0.280. The molecule has 0 unspecified atom stereocenters. The van der Waals surface area contributed by atoms with Gasteiger partial charge < -0.3 is 29.3 Å². The second-order valence-corrected chi connectivity index (χ2v) is 7.57. The van der Waals surface area contributed by atoms with Crippen LogP contribution in [0.4, 0.5) is 0 Å². The molecule has 1 fully saturated rings. The first-order chi connectivity index (χ1) is 14.9. The molecule has 1 amide bonds. The molecular formula is C22H38IN5O4. The van der Waals surface area contributed by atoms with Gasteiger partial charge in [0.2, 0.25) is 11.7 Å². The van der Waals surface area contributed by atoms with E-state index in [9.17, 15) is 4.79 Å². The Morgan fingerprint density at radius 2 is 1.66 bits per heavy atom. The molecule has 1 aromatic rings. The van der Waals surface area contributed by atoms with Crippen LogP contribution in [0.5, 0.6) is 17.2 Å². The molecule has 0 spiro atoms. The Hall–Kier alpha value is -1.95. The number of ether oxygens (including phenoxy) is 3. The molecule has 0 aromatic heterocycles. The van der Waals surface area contributed by atoms with Crippen LogP contribution in [0.15, 0.2) is 17.1 Å². The van der Waals surface area contributed by atoms with Crippen LogP contribution in [0.2, 0.25) is 0 Å². The highest BCUT2D eigenvalue weighted by Gasteiger charge is 2.21. The number of methoxy groups -OCH3 is 3. The molecule has 182 valence electrons. The number of hydrogen-bond acceptors (Lipinski definition) is 6. The Bertz CT molecular complexity index is 727. The van der Waals surface area contributed by atoms with Gasteiger partial charge in [-0.2, -0.15) is 0 Å². The molecule has 10 heteroatoms. The van der Waals surface area contributed by atoms with Crippen molar-refractivity contribution in [2.45, 2.75) is 19.9 Å². The number of carbonyl (C=O) groups is 1. The summed E-state index contributed by atoms with van der Waals surface area (Å²) in [5, 5.41) is 3.35. The fourth-order valence-corrected chi connectivity index (χ4v) is 3.51. The van der Waals surface area contributed by atoms with Crippen LogP contribution in [-0.4, -0.2) is 101 Å². The van der Waals surface area contributed by atoms with E-state index in [1.807, 2.05) is 12.1 Å². The SMILES string of the molecule is CCNC(=NCCC(=O)N(C)C)N1CCN(Cc2cc(OC)c(OC)c(OC)c2)CC1.I. The zero-order valence-electron chi connectivity index (χ0n) is 20.1. The van der Waals surface area contributed by atoms with Crippen LogP contribution in [0.25, 0.3) is 0 Å². The van der Waals surface area contributed by atoms with Gasteiger partial charge in [0.1, 0.15) is 0 Å². The molecule has 1 N–H and O–H groups in total. The summed E-state index contributed by atoms with van der Waals surface area (Å²) in [4.78, 5) is 22.7. The molecule has 1 aromatic carbocycles. The molecule has 0 radical (unpaired) electrons. The lowest BCUT2D eigenvalue weighted by atomic mass is 10.1. The van der Waals surface area contributed by atoms with Crippen molar-refractivity contribution >= 4 is 35.8 Å². The van der Waals surface area contributed by atoms with Crippen molar-refractivity contribution in [2.24, 2.45) is 4.99 Å². The van der Waals surface area contributed by atoms with Crippen LogP contribution >= 0.6 is 24.0 Å². The second kappa shape index (κ2) is 14.2. The minimum absolute atomic E-state index is 0. The van der Waals surface area contributed by atoms with Gasteiger partial charge in [-0.3, -0.25) is 14.7 Å². The van der Waals surface area contributed by atoms with Gasteiger partial charge in [0.15, 0.2) is 17.5 Å². The maximum Gasteiger partial charge on any atom is 0.223 e. The van der Waals surface area contributed by atoms with E-state index in [0.29, 0.717) is 30.2 Å². The van der Waals surface area contributed by atoms with Crippen LogP contribution < -0.4 is 19.5 Å². The van der Waals surface area contributed by atoms with Crippen molar-refractivity contribution in [3.8, 4) is 17.2 Å². The normalized spacial score (nSPS) is 14.4. The lowest BCUT2D eigenvalue weighted by molar-refractivity contribution is -0.128. The number of amides is 1. The molecular weight excluding hydrogens is 525 g/mol. The summed E-state index contributed by atoms with van der Waals surface area (Å²) in [5.41, 5.74) is 1.12. The predicted molar refractivity (Wildman–Crippen MR) is 138 cm³/mol. The van der Waals surface area contributed by atoms with Gasteiger partial charge in [-0.25, -0.2) is 0 Å². The fraction of sp³-hybridized carbons (Fsp3) is 0.636. The molecule has 0 bridgehead atoms. The first-order valence-electron chi connectivity index (χ1n) is 10.7. The molecule has 0 saturated carbocycles. The first kappa shape index (κ1) is 28.1. The van der Waals surface area contributed by atoms with Crippen molar-refractivity contribution in [1.29, 1.82) is 0 Å². The van der Waals surface area contributed by atoms with E-state index in [0.717, 1.165) is 50.8 Å². The topological polar surface area (TPSA) is 78.9 Å². The zero-order valence-corrected chi connectivity index (χ0v) is 22.5. The number of guanidine groups is 1. The molecule has 1 aliphatic heterocycles. The van der Waals surface area contributed by atoms with Gasteiger partial charge in [-0.05, 0) is 24.6 Å². The van der Waals surface area contributed by atoms with Crippen molar-refractivity contribution in [3.05, 3.63) is 17.7 Å².